The minimum Gasteiger partial charge on any atom is -0.334 e. The van der Waals surface area contributed by atoms with Crippen molar-refractivity contribution < 1.29 is 14.4 Å². The summed E-state index contributed by atoms with van der Waals surface area (Å²) in [7, 11) is 0. The van der Waals surface area contributed by atoms with Crippen LogP contribution in [0.5, 0.6) is 0 Å². The molecule has 0 spiro atoms. The van der Waals surface area contributed by atoms with Crippen molar-refractivity contribution in [2.45, 2.75) is 58.3 Å². The molecule has 1 unspecified atom stereocenters. The van der Waals surface area contributed by atoms with Crippen molar-refractivity contribution in [2.75, 3.05) is 11.4 Å². The second kappa shape index (κ2) is 10.2. The summed E-state index contributed by atoms with van der Waals surface area (Å²) < 4.78 is 0. The summed E-state index contributed by atoms with van der Waals surface area (Å²) in [6.45, 7) is 5.40. The fourth-order valence-electron chi connectivity index (χ4n) is 5.53. The summed E-state index contributed by atoms with van der Waals surface area (Å²) in [5.74, 6) is -0.0190. The summed E-state index contributed by atoms with van der Waals surface area (Å²) in [6.07, 6.45) is 5.32. The highest BCUT2D eigenvalue weighted by Crippen LogP contribution is 2.44. The third-order valence-electron chi connectivity index (χ3n) is 7.59. The number of para-hydroxylation sites is 1. The molecule has 1 fully saturated rings. The highest BCUT2D eigenvalue weighted by Gasteiger charge is 2.52. The number of carbonyl (C=O) groups is 3. The van der Waals surface area contributed by atoms with Crippen LogP contribution in [0.1, 0.15) is 59.7 Å². The van der Waals surface area contributed by atoms with Crippen molar-refractivity contribution in [3.8, 4) is 0 Å². The maximum absolute atomic E-state index is 13.5. The fourth-order valence-corrected chi connectivity index (χ4v) is 5.53. The van der Waals surface area contributed by atoms with E-state index in [2.05, 4.69) is 24.0 Å². The minimum absolute atomic E-state index is 0.0291. The Labute approximate surface area is 217 Å². The van der Waals surface area contributed by atoms with Gasteiger partial charge in [-0.05, 0) is 61.6 Å². The lowest BCUT2D eigenvalue weighted by Gasteiger charge is -2.48. The lowest BCUT2D eigenvalue weighted by molar-refractivity contribution is -0.132. The average Bonchev–Trinajstić information content (AvgIpc) is 3.22. The highest BCUT2D eigenvalue weighted by molar-refractivity contribution is 6.10. The van der Waals surface area contributed by atoms with Gasteiger partial charge < -0.3 is 9.80 Å². The zero-order valence-corrected chi connectivity index (χ0v) is 21.4. The molecular formula is C30H32N4O3. The van der Waals surface area contributed by atoms with E-state index in [0.29, 0.717) is 56.6 Å². The van der Waals surface area contributed by atoms with Crippen LogP contribution >= 0.6 is 0 Å². The lowest BCUT2D eigenvalue weighted by atomic mass is 9.97. The van der Waals surface area contributed by atoms with Gasteiger partial charge in [0.2, 0.25) is 11.8 Å². The number of anilines is 1. The smallest absolute Gasteiger partial charge is 0.257 e. The maximum atomic E-state index is 13.5. The van der Waals surface area contributed by atoms with Crippen LogP contribution in [0.2, 0.25) is 0 Å². The Hall–Kier alpha value is -4.00. The van der Waals surface area contributed by atoms with Crippen LogP contribution < -0.4 is 4.90 Å². The van der Waals surface area contributed by atoms with Gasteiger partial charge in [-0.25, -0.2) is 0 Å². The van der Waals surface area contributed by atoms with Crippen LogP contribution in [0.3, 0.4) is 0 Å². The van der Waals surface area contributed by atoms with E-state index in [1.54, 1.807) is 28.3 Å². The van der Waals surface area contributed by atoms with Gasteiger partial charge in [-0.1, -0.05) is 42.5 Å². The molecule has 0 saturated carbocycles. The third-order valence-corrected chi connectivity index (χ3v) is 7.59. The van der Waals surface area contributed by atoms with Crippen LogP contribution in [0, 0.1) is 6.92 Å². The van der Waals surface area contributed by atoms with E-state index in [1.807, 2.05) is 54.3 Å². The zero-order chi connectivity index (χ0) is 26.0. The number of rotatable bonds is 8. The standard InChI is InChI=1S/C30H32N4O3/c1-22-9-3-4-11-24(22)21-32(20-23-10-7-17-31-19-23)27(35)14-8-18-33-29(37)25-12-5-6-13-26(25)34-28(36)15-16-30(33,34)2/h3-7,9-13,17,19H,8,14-16,18,20-21H2,1-2H3. The van der Waals surface area contributed by atoms with E-state index in [9.17, 15) is 14.4 Å². The largest absolute Gasteiger partial charge is 0.334 e. The molecule has 5 rings (SSSR count). The Morgan fingerprint density at radius 3 is 2.59 bits per heavy atom. The van der Waals surface area contributed by atoms with E-state index in [1.165, 1.54) is 0 Å². The van der Waals surface area contributed by atoms with Crippen molar-refractivity contribution in [3.63, 3.8) is 0 Å². The third kappa shape index (κ3) is 4.73. The Kier molecular flexibility index (Phi) is 6.78. The Bertz CT molecular complexity index is 1330. The topological polar surface area (TPSA) is 73.8 Å². The van der Waals surface area contributed by atoms with Crippen LogP contribution in [0.4, 0.5) is 5.69 Å². The molecule has 37 heavy (non-hydrogen) atoms. The molecule has 0 N–H and O–H groups in total. The molecule has 2 aromatic carbocycles. The van der Waals surface area contributed by atoms with Crippen LogP contribution in [-0.2, 0) is 22.7 Å². The van der Waals surface area contributed by atoms with Gasteiger partial charge in [-0.3, -0.25) is 24.3 Å². The van der Waals surface area contributed by atoms with Gasteiger partial charge in [0.1, 0.15) is 5.66 Å². The molecule has 3 heterocycles. The molecule has 190 valence electrons. The van der Waals surface area contributed by atoms with Gasteiger partial charge in [0.25, 0.3) is 5.91 Å². The van der Waals surface area contributed by atoms with E-state index in [4.69, 9.17) is 0 Å². The minimum atomic E-state index is -0.706. The number of hydrogen-bond acceptors (Lipinski definition) is 4. The molecule has 0 radical (unpaired) electrons. The monoisotopic (exact) mass is 496 g/mol. The Morgan fingerprint density at radius 1 is 1.03 bits per heavy atom. The fraction of sp³-hybridized carbons (Fsp3) is 0.333. The zero-order valence-electron chi connectivity index (χ0n) is 21.4. The van der Waals surface area contributed by atoms with Gasteiger partial charge in [0.15, 0.2) is 0 Å². The van der Waals surface area contributed by atoms with E-state index < -0.39 is 5.66 Å². The summed E-state index contributed by atoms with van der Waals surface area (Å²) in [5, 5.41) is 0. The van der Waals surface area contributed by atoms with Crippen molar-refractivity contribution in [1.82, 2.24) is 14.8 Å². The maximum Gasteiger partial charge on any atom is 0.257 e. The number of amides is 3. The molecule has 3 aromatic rings. The first-order valence-electron chi connectivity index (χ1n) is 12.8. The van der Waals surface area contributed by atoms with Crippen molar-refractivity contribution >= 4 is 23.4 Å². The Balaban J connectivity index is 1.31. The molecule has 0 aliphatic carbocycles. The molecule has 2 aliphatic heterocycles. The summed E-state index contributed by atoms with van der Waals surface area (Å²) in [5.41, 5.74) is 3.74. The number of pyridine rings is 1. The van der Waals surface area contributed by atoms with E-state index in [0.717, 1.165) is 16.7 Å². The summed E-state index contributed by atoms with van der Waals surface area (Å²) >= 11 is 0. The summed E-state index contributed by atoms with van der Waals surface area (Å²) in [4.78, 5) is 49.4. The number of nitrogens with zero attached hydrogens (tertiary/aromatic N) is 4. The first kappa shape index (κ1) is 24.7. The molecule has 7 heteroatoms. The van der Waals surface area contributed by atoms with E-state index >= 15 is 0 Å². The average molecular weight is 497 g/mol. The van der Waals surface area contributed by atoms with E-state index in [-0.39, 0.29) is 17.7 Å². The molecule has 1 saturated heterocycles. The quantitative estimate of drug-likeness (QED) is 0.453. The predicted octanol–water partition coefficient (Wildman–Crippen LogP) is 4.70. The second-order valence-corrected chi connectivity index (χ2v) is 10.1. The van der Waals surface area contributed by atoms with Crippen LogP contribution in [-0.4, -0.2) is 44.7 Å². The number of fused-ring (bicyclic) bond motifs is 3. The number of carbonyl (C=O) groups excluding carboxylic acids is 3. The van der Waals surface area contributed by atoms with Crippen molar-refractivity contribution in [2.24, 2.45) is 0 Å². The predicted molar refractivity (Wildman–Crippen MR) is 142 cm³/mol. The van der Waals surface area contributed by atoms with Gasteiger partial charge in [-0.2, -0.15) is 0 Å². The van der Waals surface area contributed by atoms with Crippen LogP contribution in [0.25, 0.3) is 0 Å². The number of hydrogen-bond donors (Lipinski definition) is 0. The lowest BCUT2D eigenvalue weighted by Crippen LogP contribution is -2.62. The molecule has 2 aliphatic rings. The normalized spacial score (nSPS) is 18.5. The van der Waals surface area contributed by atoms with Gasteiger partial charge in [-0.15, -0.1) is 0 Å². The first-order chi connectivity index (χ1) is 17.9. The molecule has 1 atom stereocenters. The molecule has 1 aromatic heterocycles. The molecular weight excluding hydrogens is 464 g/mol. The SMILES string of the molecule is Cc1ccccc1CN(Cc1cccnc1)C(=O)CCCN1C(=O)c2ccccc2N2C(=O)CCC12C. The van der Waals surface area contributed by atoms with Gasteiger partial charge in [0, 0.05) is 44.9 Å². The Morgan fingerprint density at radius 2 is 1.81 bits per heavy atom. The number of aromatic nitrogens is 1. The van der Waals surface area contributed by atoms with Gasteiger partial charge in [0.05, 0.1) is 11.3 Å². The number of aryl methyl sites for hydroxylation is 1. The second-order valence-electron chi connectivity index (χ2n) is 10.1. The summed E-state index contributed by atoms with van der Waals surface area (Å²) in [6, 6.07) is 19.2. The molecule has 7 nitrogen and oxygen atoms in total. The molecule has 0 bridgehead atoms. The van der Waals surface area contributed by atoms with Crippen molar-refractivity contribution in [1.29, 1.82) is 0 Å². The number of benzene rings is 2. The molecule has 3 amide bonds. The van der Waals surface area contributed by atoms with Gasteiger partial charge >= 0.3 is 0 Å². The first-order valence-corrected chi connectivity index (χ1v) is 12.8. The van der Waals surface area contributed by atoms with Crippen molar-refractivity contribution in [3.05, 3.63) is 95.3 Å². The van der Waals surface area contributed by atoms with Crippen LogP contribution in [0.15, 0.2) is 73.1 Å². The highest BCUT2D eigenvalue weighted by atomic mass is 16.2.